The van der Waals surface area contributed by atoms with Crippen LogP contribution in [0.3, 0.4) is 0 Å². The number of carbonyl (C=O) groups is 2. The Balaban J connectivity index is 2.52. The minimum Gasteiger partial charge on any atom is -0.466 e. The third-order valence-electron chi connectivity index (χ3n) is 2.97. The quantitative estimate of drug-likeness (QED) is 0.533. The Labute approximate surface area is 132 Å². The normalized spacial score (nSPS) is 13.6. The van der Waals surface area contributed by atoms with Crippen LogP contribution in [0.4, 0.5) is 8.78 Å². The first-order chi connectivity index (χ1) is 10.9. The van der Waals surface area contributed by atoms with Gasteiger partial charge in [-0.05, 0) is 20.3 Å². The fourth-order valence-corrected chi connectivity index (χ4v) is 1.98. The van der Waals surface area contributed by atoms with Crippen molar-refractivity contribution in [3.8, 4) is 0 Å². The Morgan fingerprint density at radius 3 is 2.70 bits per heavy atom. The molecule has 2 unspecified atom stereocenters. The van der Waals surface area contributed by atoms with Crippen molar-refractivity contribution in [3.63, 3.8) is 0 Å². The van der Waals surface area contributed by atoms with Gasteiger partial charge < -0.3 is 15.4 Å². The average Bonchev–Trinajstić information content (AvgIpc) is 3.00. The van der Waals surface area contributed by atoms with Crippen molar-refractivity contribution in [2.24, 2.45) is 5.92 Å². The molecule has 23 heavy (non-hydrogen) atoms. The fourth-order valence-electron chi connectivity index (χ4n) is 1.98. The largest absolute Gasteiger partial charge is 0.466 e. The standard InChI is InChI=1S/C13H21F2N5O3/c1-3-23-13(22)9(5-16-7-11(14)15)4-8(2)18-12(21)10-6-17-20-19-10/h6,8-9,11,16H,3-5,7H2,1-2H3,(H,18,21)(H,17,19,20). The lowest BCUT2D eigenvalue weighted by molar-refractivity contribution is -0.148. The highest BCUT2D eigenvalue weighted by Crippen LogP contribution is 2.09. The third kappa shape index (κ3) is 7.13. The second-order valence-electron chi connectivity index (χ2n) is 4.96. The molecule has 0 fully saturated rings. The lowest BCUT2D eigenvalue weighted by Crippen LogP contribution is -2.39. The maximum Gasteiger partial charge on any atom is 0.310 e. The van der Waals surface area contributed by atoms with E-state index < -0.39 is 30.8 Å². The average molecular weight is 333 g/mol. The Kier molecular flexibility index (Phi) is 8.09. The molecule has 0 saturated heterocycles. The number of rotatable bonds is 10. The van der Waals surface area contributed by atoms with Gasteiger partial charge in [-0.3, -0.25) is 9.59 Å². The molecular weight excluding hydrogens is 312 g/mol. The molecule has 8 nitrogen and oxygen atoms in total. The van der Waals surface area contributed by atoms with Crippen molar-refractivity contribution in [2.45, 2.75) is 32.7 Å². The first kappa shape index (κ1) is 18.9. The second kappa shape index (κ2) is 9.82. The van der Waals surface area contributed by atoms with Gasteiger partial charge in [0.15, 0.2) is 5.69 Å². The Hall–Kier alpha value is -2.10. The smallest absolute Gasteiger partial charge is 0.310 e. The molecule has 0 spiro atoms. The number of ether oxygens (including phenoxy) is 1. The summed E-state index contributed by atoms with van der Waals surface area (Å²) >= 11 is 0. The molecular formula is C13H21F2N5O3. The number of amides is 1. The number of alkyl halides is 2. The number of halogens is 2. The van der Waals surface area contributed by atoms with Crippen LogP contribution in [0, 0.1) is 5.92 Å². The number of aromatic nitrogens is 3. The van der Waals surface area contributed by atoms with E-state index >= 15 is 0 Å². The van der Waals surface area contributed by atoms with E-state index in [9.17, 15) is 18.4 Å². The van der Waals surface area contributed by atoms with E-state index in [1.165, 1.54) is 6.20 Å². The van der Waals surface area contributed by atoms with Crippen molar-refractivity contribution in [1.82, 2.24) is 26.0 Å². The second-order valence-corrected chi connectivity index (χ2v) is 4.96. The van der Waals surface area contributed by atoms with Gasteiger partial charge in [0.25, 0.3) is 12.3 Å². The Morgan fingerprint density at radius 1 is 1.39 bits per heavy atom. The van der Waals surface area contributed by atoms with Gasteiger partial charge in [0, 0.05) is 12.6 Å². The molecule has 130 valence electrons. The van der Waals surface area contributed by atoms with Crippen molar-refractivity contribution in [1.29, 1.82) is 0 Å². The zero-order valence-electron chi connectivity index (χ0n) is 13.0. The van der Waals surface area contributed by atoms with Gasteiger partial charge in [-0.25, -0.2) is 8.78 Å². The van der Waals surface area contributed by atoms with E-state index in [1.54, 1.807) is 13.8 Å². The van der Waals surface area contributed by atoms with Gasteiger partial charge in [0.05, 0.1) is 25.3 Å². The van der Waals surface area contributed by atoms with Crippen LogP contribution < -0.4 is 10.6 Å². The number of hydrogen-bond acceptors (Lipinski definition) is 6. The highest BCUT2D eigenvalue weighted by molar-refractivity contribution is 5.92. The summed E-state index contributed by atoms with van der Waals surface area (Å²) in [5.74, 6) is -1.56. The number of nitrogens with one attached hydrogen (secondary N) is 3. The van der Waals surface area contributed by atoms with E-state index in [0.717, 1.165) is 0 Å². The Morgan fingerprint density at radius 2 is 2.13 bits per heavy atom. The van der Waals surface area contributed by atoms with Gasteiger partial charge in [0.2, 0.25) is 0 Å². The topological polar surface area (TPSA) is 109 Å². The number of nitrogens with zero attached hydrogens (tertiary/aromatic N) is 2. The van der Waals surface area contributed by atoms with Crippen LogP contribution in [-0.2, 0) is 9.53 Å². The zero-order chi connectivity index (χ0) is 17.2. The van der Waals surface area contributed by atoms with Crippen LogP contribution in [0.2, 0.25) is 0 Å². The van der Waals surface area contributed by atoms with Crippen LogP contribution >= 0.6 is 0 Å². The van der Waals surface area contributed by atoms with Crippen LogP contribution in [0.1, 0.15) is 30.8 Å². The SMILES string of the molecule is CCOC(=O)C(CNCC(F)F)CC(C)NC(=O)c1cn[nH]n1. The molecule has 0 aliphatic carbocycles. The van der Waals surface area contributed by atoms with E-state index in [-0.39, 0.29) is 31.3 Å². The molecule has 1 heterocycles. The van der Waals surface area contributed by atoms with E-state index in [1.807, 2.05) is 0 Å². The van der Waals surface area contributed by atoms with Crippen LogP contribution in [-0.4, -0.2) is 59.5 Å². The molecule has 0 bridgehead atoms. The zero-order valence-corrected chi connectivity index (χ0v) is 13.0. The number of aromatic amines is 1. The van der Waals surface area contributed by atoms with Gasteiger partial charge >= 0.3 is 5.97 Å². The summed E-state index contributed by atoms with van der Waals surface area (Å²) in [6.07, 6.45) is -0.976. The fraction of sp³-hybridized carbons (Fsp3) is 0.692. The number of esters is 1. The maximum atomic E-state index is 12.2. The molecule has 0 aliphatic rings. The summed E-state index contributed by atoms with van der Waals surface area (Å²) < 4.78 is 29.3. The molecule has 2 atom stereocenters. The molecule has 1 aromatic heterocycles. The van der Waals surface area contributed by atoms with Crippen molar-refractivity contribution >= 4 is 11.9 Å². The third-order valence-corrected chi connectivity index (χ3v) is 2.97. The summed E-state index contributed by atoms with van der Waals surface area (Å²) in [7, 11) is 0. The van der Waals surface area contributed by atoms with Crippen LogP contribution in [0.15, 0.2) is 6.20 Å². The van der Waals surface area contributed by atoms with Gasteiger partial charge in [0.1, 0.15) is 0 Å². The first-order valence-electron chi connectivity index (χ1n) is 7.26. The highest BCUT2D eigenvalue weighted by atomic mass is 19.3. The molecule has 1 amide bonds. The van der Waals surface area contributed by atoms with E-state index in [2.05, 4.69) is 26.0 Å². The monoisotopic (exact) mass is 333 g/mol. The predicted molar refractivity (Wildman–Crippen MR) is 76.9 cm³/mol. The van der Waals surface area contributed by atoms with E-state index in [4.69, 9.17) is 4.74 Å². The van der Waals surface area contributed by atoms with Crippen molar-refractivity contribution in [3.05, 3.63) is 11.9 Å². The molecule has 3 N–H and O–H groups in total. The Bertz CT molecular complexity index is 484. The molecule has 0 saturated carbocycles. The van der Waals surface area contributed by atoms with Crippen LogP contribution in [0.5, 0.6) is 0 Å². The number of carbonyl (C=O) groups excluding carboxylic acids is 2. The van der Waals surface area contributed by atoms with Crippen molar-refractivity contribution < 1.29 is 23.1 Å². The minimum atomic E-state index is -2.50. The maximum absolute atomic E-state index is 12.2. The van der Waals surface area contributed by atoms with Crippen molar-refractivity contribution in [2.75, 3.05) is 19.7 Å². The molecule has 10 heteroatoms. The van der Waals surface area contributed by atoms with Gasteiger partial charge in [-0.1, -0.05) is 0 Å². The molecule has 1 aromatic rings. The lowest BCUT2D eigenvalue weighted by atomic mass is 10.0. The summed E-state index contributed by atoms with van der Waals surface area (Å²) in [6, 6.07) is -0.373. The van der Waals surface area contributed by atoms with E-state index in [0.29, 0.717) is 0 Å². The summed E-state index contributed by atoms with van der Waals surface area (Å²) in [5, 5.41) is 14.7. The number of H-pyrrole nitrogens is 1. The molecule has 1 rings (SSSR count). The summed E-state index contributed by atoms with van der Waals surface area (Å²) in [6.45, 7) is 3.11. The molecule has 0 radical (unpaired) electrons. The number of hydrogen-bond donors (Lipinski definition) is 3. The van der Waals surface area contributed by atoms with Gasteiger partial charge in [-0.15, -0.1) is 0 Å². The first-order valence-corrected chi connectivity index (χ1v) is 7.26. The van der Waals surface area contributed by atoms with Crippen LogP contribution in [0.25, 0.3) is 0 Å². The molecule has 0 aromatic carbocycles. The lowest BCUT2D eigenvalue weighted by Gasteiger charge is -2.20. The van der Waals surface area contributed by atoms with Gasteiger partial charge in [-0.2, -0.15) is 15.4 Å². The summed E-state index contributed by atoms with van der Waals surface area (Å²) in [4.78, 5) is 23.7. The molecule has 0 aliphatic heterocycles. The summed E-state index contributed by atoms with van der Waals surface area (Å²) in [5.41, 5.74) is 0.125. The predicted octanol–water partition coefficient (Wildman–Crippen LogP) is 0.347. The highest BCUT2D eigenvalue weighted by Gasteiger charge is 2.24. The minimum absolute atomic E-state index is 0.0490.